The van der Waals surface area contributed by atoms with Gasteiger partial charge in [0.1, 0.15) is 11.9 Å². The zero-order chi connectivity index (χ0) is 43.3. The molecule has 12 heteroatoms. The van der Waals surface area contributed by atoms with E-state index in [1.807, 2.05) is 60.7 Å². The van der Waals surface area contributed by atoms with E-state index in [-0.39, 0.29) is 29.2 Å². The van der Waals surface area contributed by atoms with Crippen molar-refractivity contribution < 1.29 is 24.2 Å². The van der Waals surface area contributed by atoms with E-state index < -0.39 is 6.09 Å². The molecule has 0 bridgehead atoms. The molecule has 1 aliphatic rings. The summed E-state index contributed by atoms with van der Waals surface area (Å²) in [5, 5.41) is 20.4. The molecule has 3 amide bonds. The van der Waals surface area contributed by atoms with Crippen LogP contribution in [0, 0.1) is 0 Å². The van der Waals surface area contributed by atoms with Crippen LogP contribution >= 0.6 is 0 Å². The largest absolute Gasteiger partial charge is 0.506 e. The average Bonchev–Trinajstić information content (AvgIpc) is 3.30. The number of carbonyl (C=O) groups is 3. The second-order valence-corrected chi connectivity index (χ2v) is 15.7. The fourth-order valence-corrected chi connectivity index (χ4v) is 7.80. The molecule has 6 aromatic rings. The number of anilines is 2. The molecule has 0 aliphatic carbocycles. The summed E-state index contributed by atoms with van der Waals surface area (Å²) in [7, 11) is 1.75. The Labute approximate surface area is 361 Å². The van der Waals surface area contributed by atoms with Crippen molar-refractivity contribution in [1.29, 1.82) is 0 Å². The fourth-order valence-electron chi connectivity index (χ4n) is 7.80. The van der Waals surface area contributed by atoms with Gasteiger partial charge in [0, 0.05) is 67.9 Å². The maximum absolute atomic E-state index is 13.1. The third-order valence-corrected chi connectivity index (χ3v) is 11.4. The van der Waals surface area contributed by atoms with Gasteiger partial charge in [-0.15, -0.1) is 0 Å². The number of hydrogen-bond donors (Lipinski definition) is 5. The number of carbonyl (C=O) groups excluding carboxylic acids is 3. The molecule has 0 spiro atoms. The van der Waals surface area contributed by atoms with Crippen molar-refractivity contribution in [1.82, 2.24) is 20.5 Å². The number of hydrogen-bond acceptors (Lipinski definition) is 8. The number of para-hydroxylation sites is 1. The molecule has 0 radical (unpaired) electrons. The molecule has 12 nitrogen and oxygen atoms in total. The molecular weight excluding hydrogens is 781 g/mol. The van der Waals surface area contributed by atoms with Crippen LogP contribution in [0.5, 0.6) is 5.75 Å². The normalized spacial score (nSPS) is 13.1. The number of nitrogens with one attached hydrogen (secondary N) is 4. The fraction of sp³-hybridized carbons (Fsp3) is 0.280. The summed E-state index contributed by atoms with van der Waals surface area (Å²) < 4.78 is 5.77. The van der Waals surface area contributed by atoms with Crippen LogP contribution in [0.25, 0.3) is 22.0 Å². The summed E-state index contributed by atoms with van der Waals surface area (Å²) in [6.07, 6.45) is 3.44. The Morgan fingerprint density at radius 3 is 2.19 bits per heavy atom. The third-order valence-electron chi connectivity index (χ3n) is 11.4. The molecule has 1 fully saturated rings. The lowest BCUT2D eigenvalue weighted by atomic mass is 10.0. The van der Waals surface area contributed by atoms with E-state index in [0.717, 1.165) is 72.3 Å². The zero-order valence-corrected chi connectivity index (χ0v) is 35.1. The van der Waals surface area contributed by atoms with Crippen LogP contribution in [0.3, 0.4) is 0 Å². The smallest absolute Gasteiger partial charge is 0.411 e. The number of ether oxygens (including phenoxy) is 1. The Balaban J connectivity index is 0.760. The number of benzene rings is 5. The lowest BCUT2D eigenvalue weighted by molar-refractivity contribution is -0.118. The Morgan fingerprint density at radius 2 is 1.45 bits per heavy atom. The summed E-state index contributed by atoms with van der Waals surface area (Å²) in [6, 6.07) is 39.8. The SMILES string of the molecule is CN(C(=O)CCN1CCC(OC(=O)Nc2ccccc2-c2ccccc2)CC1)c1ccc(C(=O)NCCc2ccc(CCNCCc3ccc(O)c4[nH]c(=O)ccc34)cc2)cc1. The number of likely N-dealkylation sites (tertiary alicyclic amines) is 1. The first-order valence-corrected chi connectivity index (χ1v) is 21.3. The van der Waals surface area contributed by atoms with E-state index in [1.54, 1.807) is 48.3 Å². The number of H-pyrrole nitrogens is 1. The summed E-state index contributed by atoms with van der Waals surface area (Å²) in [6.45, 7) is 4.16. The van der Waals surface area contributed by atoms with Gasteiger partial charge < -0.3 is 35.3 Å². The Kier molecular flexibility index (Phi) is 14.8. The molecule has 1 aliphatic heterocycles. The molecule has 7 rings (SSSR count). The van der Waals surface area contributed by atoms with Gasteiger partial charge in [0.2, 0.25) is 11.5 Å². The number of rotatable bonds is 17. The first-order chi connectivity index (χ1) is 30.2. The third kappa shape index (κ3) is 11.7. The van der Waals surface area contributed by atoms with Crippen LogP contribution in [0.15, 0.2) is 132 Å². The molecule has 0 atom stereocenters. The van der Waals surface area contributed by atoms with Crippen LogP contribution in [0.4, 0.5) is 16.2 Å². The van der Waals surface area contributed by atoms with Gasteiger partial charge in [-0.05, 0) is 110 Å². The number of piperidine rings is 1. The quantitative estimate of drug-likeness (QED) is 0.0600. The summed E-state index contributed by atoms with van der Waals surface area (Å²) in [4.78, 5) is 57.1. The minimum absolute atomic E-state index is 0.0147. The van der Waals surface area contributed by atoms with Gasteiger partial charge >= 0.3 is 6.09 Å². The lowest BCUT2D eigenvalue weighted by Crippen LogP contribution is -2.40. The van der Waals surface area contributed by atoms with E-state index in [2.05, 4.69) is 50.1 Å². The zero-order valence-electron chi connectivity index (χ0n) is 35.1. The van der Waals surface area contributed by atoms with Gasteiger partial charge in [-0.25, -0.2) is 4.79 Å². The topological polar surface area (TPSA) is 156 Å². The van der Waals surface area contributed by atoms with Crippen LogP contribution < -0.4 is 26.4 Å². The molecule has 2 heterocycles. The van der Waals surface area contributed by atoms with E-state index >= 15 is 0 Å². The van der Waals surface area contributed by atoms with Gasteiger partial charge in [-0.1, -0.05) is 78.9 Å². The van der Waals surface area contributed by atoms with Crippen molar-refractivity contribution >= 4 is 40.2 Å². The average molecular weight is 835 g/mol. The second kappa shape index (κ2) is 21.2. The predicted octanol–water partition coefficient (Wildman–Crippen LogP) is 7.31. The number of amides is 3. The summed E-state index contributed by atoms with van der Waals surface area (Å²) in [5.41, 5.74) is 7.55. The number of phenolic OH excluding ortho intramolecular Hbond substituents is 1. The predicted molar refractivity (Wildman–Crippen MR) is 245 cm³/mol. The number of phenols is 1. The summed E-state index contributed by atoms with van der Waals surface area (Å²) >= 11 is 0. The minimum atomic E-state index is -0.465. The molecule has 62 heavy (non-hydrogen) atoms. The highest BCUT2D eigenvalue weighted by Gasteiger charge is 2.24. The number of aromatic nitrogens is 1. The van der Waals surface area contributed by atoms with E-state index in [0.29, 0.717) is 55.5 Å². The number of nitrogens with zero attached hydrogens (tertiary/aromatic N) is 2. The van der Waals surface area contributed by atoms with Crippen molar-refractivity contribution in [3.63, 3.8) is 0 Å². The van der Waals surface area contributed by atoms with Gasteiger partial charge in [-0.2, -0.15) is 0 Å². The molecule has 0 unspecified atom stereocenters. The molecule has 1 saturated heterocycles. The number of aromatic hydroxyl groups is 1. The monoisotopic (exact) mass is 834 g/mol. The number of aromatic amines is 1. The molecule has 320 valence electrons. The van der Waals surface area contributed by atoms with E-state index in [9.17, 15) is 24.3 Å². The molecule has 1 aromatic heterocycles. The van der Waals surface area contributed by atoms with Crippen molar-refractivity contribution in [3.8, 4) is 16.9 Å². The Hall–Kier alpha value is -6.76. The maximum Gasteiger partial charge on any atom is 0.411 e. The first-order valence-electron chi connectivity index (χ1n) is 21.3. The van der Waals surface area contributed by atoms with Crippen LogP contribution in [-0.2, 0) is 28.8 Å². The van der Waals surface area contributed by atoms with E-state index in [1.165, 1.54) is 11.6 Å². The number of fused-ring (bicyclic) bond motifs is 1. The van der Waals surface area contributed by atoms with Crippen molar-refractivity contribution in [2.45, 2.75) is 44.6 Å². The van der Waals surface area contributed by atoms with Crippen molar-refractivity contribution in [2.75, 3.05) is 56.5 Å². The highest BCUT2D eigenvalue weighted by Crippen LogP contribution is 2.28. The molecule has 5 aromatic carbocycles. The van der Waals surface area contributed by atoms with Crippen LogP contribution in [-0.4, -0.2) is 85.3 Å². The lowest BCUT2D eigenvalue weighted by Gasteiger charge is -2.31. The highest BCUT2D eigenvalue weighted by molar-refractivity contribution is 5.96. The summed E-state index contributed by atoms with van der Waals surface area (Å²) in [5.74, 6) is -0.108. The van der Waals surface area contributed by atoms with Crippen LogP contribution in [0.2, 0.25) is 0 Å². The van der Waals surface area contributed by atoms with Gasteiger partial charge in [0.15, 0.2) is 0 Å². The molecule has 5 N–H and O–H groups in total. The van der Waals surface area contributed by atoms with Gasteiger partial charge in [0.05, 0.1) is 11.2 Å². The van der Waals surface area contributed by atoms with Crippen molar-refractivity contribution in [2.24, 2.45) is 0 Å². The van der Waals surface area contributed by atoms with E-state index in [4.69, 9.17) is 4.74 Å². The Bertz CT molecular complexity index is 2500. The number of pyridine rings is 1. The first kappa shape index (κ1) is 43.3. The van der Waals surface area contributed by atoms with Crippen molar-refractivity contribution in [3.05, 3.63) is 160 Å². The van der Waals surface area contributed by atoms with Gasteiger partial charge in [0.25, 0.3) is 5.91 Å². The standard InChI is InChI=1S/C50H54N6O6/c1-55(47(59)28-34-56-32-26-41(27-33-56)62-50(61)53-44-10-6-5-9-42(44)37-7-3-2-4-8-37)40-18-15-39(16-19-40)49(60)52-31-24-36-13-11-35(12-14-36)23-29-51-30-25-38-17-21-45(57)48-43(38)20-22-46(58)54-48/h2-22,41,51,57H,23-34H2,1H3,(H,52,60)(H,53,61)(H,54,58). The second-order valence-electron chi connectivity index (χ2n) is 15.7. The Morgan fingerprint density at radius 1 is 0.774 bits per heavy atom. The molecule has 0 saturated carbocycles. The highest BCUT2D eigenvalue weighted by atomic mass is 16.6. The van der Waals surface area contributed by atoms with Gasteiger partial charge in [-0.3, -0.25) is 19.7 Å². The molecular formula is C50H54N6O6. The van der Waals surface area contributed by atoms with Crippen LogP contribution in [0.1, 0.15) is 46.3 Å². The maximum atomic E-state index is 13.1. The minimum Gasteiger partial charge on any atom is -0.506 e.